The highest BCUT2D eigenvalue weighted by atomic mass is 16.4. The number of carbonyl (C=O) groups is 1. The van der Waals surface area contributed by atoms with Crippen molar-refractivity contribution >= 4 is 11.7 Å². The highest BCUT2D eigenvalue weighted by Crippen LogP contribution is 2.24. The van der Waals surface area contributed by atoms with Crippen LogP contribution >= 0.6 is 0 Å². The zero-order valence-corrected chi connectivity index (χ0v) is 11.0. The number of benzene rings is 1. The Balaban J connectivity index is 2.93. The molecule has 0 heterocycles. The van der Waals surface area contributed by atoms with E-state index in [1.165, 1.54) is 0 Å². The Morgan fingerprint density at radius 1 is 1.44 bits per heavy atom. The van der Waals surface area contributed by atoms with Crippen LogP contribution in [0.25, 0.3) is 0 Å². The van der Waals surface area contributed by atoms with Gasteiger partial charge in [-0.15, -0.1) is 0 Å². The fourth-order valence-electron chi connectivity index (χ4n) is 1.95. The molecule has 0 aliphatic heterocycles. The number of nitrogens with two attached hydrogens (primary N) is 1. The highest BCUT2D eigenvalue weighted by Gasteiger charge is 2.38. The van der Waals surface area contributed by atoms with Gasteiger partial charge >= 0.3 is 5.97 Å². The average Bonchev–Trinajstić information content (AvgIpc) is 2.38. The summed E-state index contributed by atoms with van der Waals surface area (Å²) in [5, 5.41) is 12.6. The molecule has 0 amide bonds. The number of carboxylic acids is 1. The number of hydrogen-bond donors (Lipinski definition) is 3. The SMILES string of the molecule is CCC(C)CC(CN)(Nc1ccccc1)C(=O)O. The summed E-state index contributed by atoms with van der Waals surface area (Å²) < 4.78 is 0. The molecular weight excluding hydrogens is 228 g/mol. The Labute approximate surface area is 108 Å². The van der Waals surface area contributed by atoms with Crippen LogP contribution in [-0.4, -0.2) is 23.2 Å². The summed E-state index contributed by atoms with van der Waals surface area (Å²) in [5.41, 5.74) is 5.42. The smallest absolute Gasteiger partial charge is 0.330 e. The number of para-hydroxylation sites is 1. The molecule has 4 heteroatoms. The maximum Gasteiger partial charge on any atom is 0.330 e. The standard InChI is InChI=1S/C14H22N2O2/c1-3-11(2)9-14(10-15,13(17)18)16-12-7-5-4-6-8-12/h4-8,11,16H,3,9-10,15H2,1-2H3,(H,17,18). The minimum Gasteiger partial charge on any atom is -0.479 e. The predicted molar refractivity (Wildman–Crippen MR) is 73.6 cm³/mol. The summed E-state index contributed by atoms with van der Waals surface area (Å²) >= 11 is 0. The number of rotatable bonds is 7. The van der Waals surface area contributed by atoms with Crippen LogP contribution in [0.15, 0.2) is 30.3 Å². The Morgan fingerprint density at radius 2 is 2.06 bits per heavy atom. The van der Waals surface area contributed by atoms with Crippen molar-refractivity contribution in [3.63, 3.8) is 0 Å². The van der Waals surface area contributed by atoms with Gasteiger partial charge in [0.1, 0.15) is 5.54 Å². The van der Waals surface area contributed by atoms with Crippen molar-refractivity contribution in [3.8, 4) is 0 Å². The number of nitrogens with one attached hydrogen (secondary N) is 1. The molecule has 0 fully saturated rings. The first-order valence-electron chi connectivity index (χ1n) is 6.30. The molecule has 0 bridgehead atoms. The van der Waals surface area contributed by atoms with Crippen molar-refractivity contribution in [2.24, 2.45) is 11.7 Å². The molecule has 2 atom stereocenters. The van der Waals surface area contributed by atoms with E-state index in [0.717, 1.165) is 12.1 Å². The van der Waals surface area contributed by atoms with E-state index >= 15 is 0 Å². The fraction of sp³-hybridized carbons (Fsp3) is 0.500. The first-order valence-corrected chi connectivity index (χ1v) is 6.30. The van der Waals surface area contributed by atoms with E-state index in [2.05, 4.69) is 12.2 Å². The zero-order valence-electron chi connectivity index (χ0n) is 11.0. The van der Waals surface area contributed by atoms with Gasteiger partial charge in [0.15, 0.2) is 0 Å². The van der Waals surface area contributed by atoms with Gasteiger partial charge in [0.05, 0.1) is 0 Å². The van der Waals surface area contributed by atoms with Gasteiger partial charge in [-0.2, -0.15) is 0 Å². The minimum atomic E-state index is -1.09. The normalized spacial score (nSPS) is 15.7. The van der Waals surface area contributed by atoms with Gasteiger partial charge in [-0.25, -0.2) is 4.79 Å². The number of anilines is 1. The molecule has 0 saturated heterocycles. The monoisotopic (exact) mass is 250 g/mol. The van der Waals surface area contributed by atoms with Gasteiger partial charge < -0.3 is 16.2 Å². The number of carboxylic acid groups (broad SMARTS) is 1. The zero-order chi connectivity index (χ0) is 13.6. The van der Waals surface area contributed by atoms with Gasteiger partial charge in [0.25, 0.3) is 0 Å². The van der Waals surface area contributed by atoms with Crippen molar-refractivity contribution in [1.29, 1.82) is 0 Å². The quantitative estimate of drug-likeness (QED) is 0.694. The maximum atomic E-state index is 11.6. The lowest BCUT2D eigenvalue weighted by Crippen LogP contribution is -2.53. The topological polar surface area (TPSA) is 75.3 Å². The molecule has 4 nitrogen and oxygen atoms in total. The second-order valence-electron chi connectivity index (χ2n) is 4.80. The summed E-state index contributed by atoms with van der Waals surface area (Å²) in [6, 6.07) is 9.34. The van der Waals surface area contributed by atoms with Crippen molar-refractivity contribution in [1.82, 2.24) is 0 Å². The summed E-state index contributed by atoms with van der Waals surface area (Å²) in [6.07, 6.45) is 1.45. The van der Waals surface area contributed by atoms with Crippen LogP contribution in [0.2, 0.25) is 0 Å². The Morgan fingerprint density at radius 3 is 2.50 bits per heavy atom. The van der Waals surface area contributed by atoms with Crippen LogP contribution in [0.4, 0.5) is 5.69 Å². The van der Waals surface area contributed by atoms with Crippen LogP contribution in [0.3, 0.4) is 0 Å². The predicted octanol–water partition coefficient (Wildman–Crippen LogP) is 2.32. The fourth-order valence-corrected chi connectivity index (χ4v) is 1.95. The molecule has 0 aliphatic rings. The van der Waals surface area contributed by atoms with Crippen molar-refractivity contribution in [2.75, 3.05) is 11.9 Å². The van der Waals surface area contributed by atoms with Crippen LogP contribution in [-0.2, 0) is 4.79 Å². The first kappa shape index (κ1) is 14.5. The average molecular weight is 250 g/mol. The molecule has 0 spiro atoms. The van der Waals surface area contributed by atoms with E-state index < -0.39 is 11.5 Å². The largest absolute Gasteiger partial charge is 0.479 e. The molecule has 1 aromatic carbocycles. The van der Waals surface area contributed by atoms with Crippen LogP contribution < -0.4 is 11.1 Å². The van der Waals surface area contributed by atoms with Crippen molar-refractivity contribution in [2.45, 2.75) is 32.2 Å². The molecular formula is C14H22N2O2. The number of hydrogen-bond acceptors (Lipinski definition) is 3. The van der Waals surface area contributed by atoms with Crippen LogP contribution in [0.5, 0.6) is 0 Å². The first-order chi connectivity index (χ1) is 8.54. The summed E-state index contributed by atoms with van der Waals surface area (Å²) in [4.78, 5) is 11.6. The molecule has 0 aliphatic carbocycles. The third-order valence-electron chi connectivity index (χ3n) is 3.31. The summed E-state index contributed by atoms with van der Waals surface area (Å²) in [7, 11) is 0. The summed E-state index contributed by atoms with van der Waals surface area (Å²) in [5.74, 6) is -0.588. The van der Waals surface area contributed by atoms with E-state index in [4.69, 9.17) is 5.73 Å². The number of aliphatic carboxylic acids is 1. The molecule has 2 unspecified atom stereocenters. The van der Waals surface area contributed by atoms with Gasteiger partial charge in [0, 0.05) is 12.2 Å². The second kappa shape index (κ2) is 6.40. The molecule has 100 valence electrons. The molecule has 0 radical (unpaired) electrons. The molecule has 4 N–H and O–H groups in total. The van der Waals surface area contributed by atoms with Gasteiger partial charge in [-0.1, -0.05) is 38.5 Å². The van der Waals surface area contributed by atoms with E-state index in [1.807, 2.05) is 37.3 Å². The molecule has 1 rings (SSSR count). The Kier molecular flexibility index (Phi) is 5.16. The van der Waals surface area contributed by atoms with Crippen LogP contribution in [0, 0.1) is 5.92 Å². The van der Waals surface area contributed by atoms with Crippen LogP contribution in [0.1, 0.15) is 26.7 Å². The molecule has 1 aromatic rings. The molecule has 0 saturated carbocycles. The van der Waals surface area contributed by atoms with Gasteiger partial charge in [-0.05, 0) is 24.5 Å². The Bertz CT molecular complexity index is 381. The van der Waals surface area contributed by atoms with Gasteiger partial charge in [0.2, 0.25) is 0 Å². The lowest BCUT2D eigenvalue weighted by Gasteiger charge is -2.32. The minimum absolute atomic E-state index is 0.0710. The second-order valence-corrected chi connectivity index (χ2v) is 4.80. The van der Waals surface area contributed by atoms with E-state index in [1.54, 1.807) is 0 Å². The summed E-state index contributed by atoms with van der Waals surface area (Å²) in [6.45, 7) is 4.16. The van der Waals surface area contributed by atoms with Crippen molar-refractivity contribution in [3.05, 3.63) is 30.3 Å². The lowest BCUT2D eigenvalue weighted by molar-refractivity contribution is -0.142. The maximum absolute atomic E-state index is 11.6. The third-order valence-corrected chi connectivity index (χ3v) is 3.31. The third kappa shape index (κ3) is 3.47. The van der Waals surface area contributed by atoms with E-state index in [9.17, 15) is 9.90 Å². The molecule has 18 heavy (non-hydrogen) atoms. The lowest BCUT2D eigenvalue weighted by atomic mass is 9.86. The molecule has 0 aromatic heterocycles. The van der Waals surface area contributed by atoms with E-state index in [-0.39, 0.29) is 6.54 Å². The Hall–Kier alpha value is -1.55. The van der Waals surface area contributed by atoms with Crippen molar-refractivity contribution < 1.29 is 9.90 Å². The highest BCUT2D eigenvalue weighted by molar-refractivity contribution is 5.83. The van der Waals surface area contributed by atoms with Gasteiger partial charge in [-0.3, -0.25) is 0 Å². The van der Waals surface area contributed by atoms with E-state index in [0.29, 0.717) is 12.3 Å².